The topological polar surface area (TPSA) is 83.5 Å². The second kappa shape index (κ2) is 10.8. The van der Waals surface area contributed by atoms with Gasteiger partial charge >= 0.3 is 0 Å². The lowest BCUT2D eigenvalue weighted by Crippen LogP contribution is -2.23. The summed E-state index contributed by atoms with van der Waals surface area (Å²) in [7, 11) is 1.62. The maximum Gasteiger partial charge on any atom is 0.291 e. The van der Waals surface area contributed by atoms with Crippen molar-refractivity contribution in [3.05, 3.63) is 106 Å². The molecule has 200 valence electrons. The van der Waals surface area contributed by atoms with Crippen LogP contribution in [0.15, 0.2) is 89.9 Å². The quantitative estimate of drug-likeness (QED) is 0.258. The minimum Gasteiger partial charge on any atom is -0.497 e. The van der Waals surface area contributed by atoms with Gasteiger partial charge in [-0.2, -0.15) is 14.6 Å². The molecule has 0 spiro atoms. The van der Waals surface area contributed by atoms with E-state index in [1.165, 1.54) is 15.9 Å². The van der Waals surface area contributed by atoms with Gasteiger partial charge in [0.15, 0.2) is 5.82 Å². The molecular weight excluding hydrogens is 522 g/mol. The lowest BCUT2D eigenvalue weighted by Gasteiger charge is -2.09. The van der Waals surface area contributed by atoms with Gasteiger partial charge in [-0.3, -0.25) is 4.79 Å². The highest BCUT2D eigenvalue weighted by Crippen LogP contribution is 2.27. The molecular formula is C31H27N5O3S. The van der Waals surface area contributed by atoms with E-state index in [0.717, 1.165) is 39.6 Å². The van der Waals surface area contributed by atoms with Gasteiger partial charge in [-0.15, -0.1) is 5.10 Å². The van der Waals surface area contributed by atoms with E-state index < -0.39 is 0 Å². The van der Waals surface area contributed by atoms with Crippen molar-refractivity contribution in [3.63, 3.8) is 0 Å². The van der Waals surface area contributed by atoms with E-state index in [-0.39, 0.29) is 5.56 Å². The zero-order valence-corrected chi connectivity index (χ0v) is 23.1. The summed E-state index contributed by atoms with van der Waals surface area (Å²) in [5, 5.41) is 9.37. The van der Waals surface area contributed by atoms with Gasteiger partial charge in [-0.05, 0) is 72.7 Å². The number of hydrogen-bond acceptors (Lipinski definition) is 7. The molecule has 0 N–H and O–H groups in total. The Hall–Kier alpha value is -4.76. The summed E-state index contributed by atoms with van der Waals surface area (Å²) in [5.41, 5.74) is 4.02. The van der Waals surface area contributed by atoms with Gasteiger partial charge in [0.1, 0.15) is 17.2 Å². The highest BCUT2D eigenvalue weighted by atomic mass is 32.1. The average Bonchev–Trinajstić information content (AvgIpc) is 3.68. The Balaban J connectivity index is 1.40. The molecule has 9 heteroatoms. The van der Waals surface area contributed by atoms with Crippen LogP contribution in [-0.4, -0.2) is 38.1 Å². The third kappa shape index (κ3) is 5.11. The Morgan fingerprint density at radius 1 is 0.900 bits per heavy atom. The molecule has 0 bridgehead atoms. The summed E-state index contributed by atoms with van der Waals surface area (Å²) in [6.45, 7) is 4.89. The van der Waals surface area contributed by atoms with Crippen LogP contribution in [0, 0.1) is 5.92 Å². The summed E-state index contributed by atoms with van der Waals surface area (Å²) >= 11 is 1.30. The van der Waals surface area contributed by atoms with Crippen LogP contribution >= 0.6 is 11.3 Å². The van der Waals surface area contributed by atoms with Crippen LogP contribution in [0.1, 0.15) is 19.4 Å². The fourth-order valence-electron chi connectivity index (χ4n) is 4.24. The molecule has 0 atom stereocenters. The summed E-state index contributed by atoms with van der Waals surface area (Å²) in [4.78, 5) is 18.5. The first-order valence-corrected chi connectivity index (χ1v) is 13.7. The highest BCUT2D eigenvalue weighted by Gasteiger charge is 2.15. The van der Waals surface area contributed by atoms with Crippen LogP contribution in [0.3, 0.4) is 0 Å². The number of nitrogens with zero attached hydrogens (tertiary/aromatic N) is 5. The fraction of sp³-hybridized carbons (Fsp3) is 0.161. The van der Waals surface area contributed by atoms with Gasteiger partial charge < -0.3 is 9.47 Å². The number of aromatic nitrogens is 5. The largest absolute Gasteiger partial charge is 0.497 e. The van der Waals surface area contributed by atoms with Crippen LogP contribution < -0.4 is 19.6 Å². The first kappa shape index (κ1) is 25.5. The molecule has 8 nitrogen and oxygen atoms in total. The molecule has 40 heavy (non-hydrogen) atoms. The van der Waals surface area contributed by atoms with Crippen molar-refractivity contribution in [2.75, 3.05) is 13.7 Å². The second-order valence-corrected chi connectivity index (χ2v) is 10.7. The molecule has 0 radical (unpaired) electrons. The van der Waals surface area contributed by atoms with Crippen molar-refractivity contribution in [1.82, 2.24) is 24.4 Å². The average molecular weight is 550 g/mol. The smallest absolute Gasteiger partial charge is 0.291 e. The van der Waals surface area contributed by atoms with Gasteiger partial charge in [-0.25, -0.2) is 4.68 Å². The number of methoxy groups -OCH3 is 1. The Morgan fingerprint density at radius 2 is 1.60 bits per heavy atom. The number of hydrogen-bond donors (Lipinski definition) is 0. The number of benzene rings is 3. The minimum absolute atomic E-state index is 0.219. The summed E-state index contributed by atoms with van der Waals surface area (Å²) in [6.07, 6.45) is 3.80. The summed E-state index contributed by atoms with van der Waals surface area (Å²) in [5.74, 6) is 2.49. The number of ether oxygens (including phenoxy) is 2. The molecule has 0 aliphatic carbocycles. The molecule has 6 rings (SSSR count). The maximum atomic E-state index is 13.3. The van der Waals surface area contributed by atoms with E-state index in [0.29, 0.717) is 27.8 Å². The third-order valence-corrected chi connectivity index (χ3v) is 7.25. The van der Waals surface area contributed by atoms with Crippen molar-refractivity contribution < 1.29 is 9.47 Å². The normalized spacial score (nSPS) is 11.9. The standard InChI is InChI=1S/C31H27N5O3S/c1-20(2)19-39-26-15-9-21(10-16-26)28-23(18-35(33-28)24-7-5-4-6-8-24)17-27-30(37)36-31(40-27)32-29(34-36)22-11-13-25(38-3)14-12-22/h4-18,20H,19H2,1-3H3. The van der Waals surface area contributed by atoms with Crippen LogP contribution in [0.5, 0.6) is 11.5 Å². The van der Waals surface area contributed by atoms with E-state index in [1.54, 1.807) is 7.11 Å². The Labute approximate surface area is 234 Å². The fourth-order valence-corrected chi connectivity index (χ4v) is 5.14. The van der Waals surface area contributed by atoms with Crippen LogP contribution in [-0.2, 0) is 0 Å². The predicted octanol–water partition coefficient (Wildman–Crippen LogP) is 5.26. The van der Waals surface area contributed by atoms with Gasteiger partial charge in [0.25, 0.3) is 5.56 Å². The Bertz CT molecular complexity index is 1870. The van der Waals surface area contributed by atoms with Crippen LogP contribution in [0.2, 0.25) is 0 Å². The van der Waals surface area contributed by atoms with E-state index in [1.807, 2.05) is 95.8 Å². The Morgan fingerprint density at radius 3 is 2.27 bits per heavy atom. The van der Waals surface area contributed by atoms with Crippen molar-refractivity contribution in [2.24, 2.45) is 5.92 Å². The van der Waals surface area contributed by atoms with Gasteiger partial charge in [-0.1, -0.05) is 43.4 Å². The highest BCUT2D eigenvalue weighted by molar-refractivity contribution is 7.15. The first-order chi connectivity index (χ1) is 19.5. The summed E-state index contributed by atoms with van der Waals surface area (Å²) in [6, 6.07) is 25.2. The van der Waals surface area contributed by atoms with Crippen molar-refractivity contribution in [3.8, 4) is 39.8 Å². The molecule has 6 aromatic rings. The molecule has 0 saturated carbocycles. The molecule has 3 aromatic carbocycles. The van der Waals surface area contributed by atoms with Crippen molar-refractivity contribution >= 4 is 22.4 Å². The van der Waals surface area contributed by atoms with E-state index in [4.69, 9.17) is 14.6 Å². The number of para-hydroxylation sites is 1. The predicted molar refractivity (Wildman–Crippen MR) is 157 cm³/mol. The van der Waals surface area contributed by atoms with Gasteiger partial charge in [0.2, 0.25) is 4.96 Å². The van der Waals surface area contributed by atoms with Crippen LogP contribution in [0.25, 0.3) is 39.4 Å². The van der Waals surface area contributed by atoms with Crippen molar-refractivity contribution in [1.29, 1.82) is 0 Å². The number of fused-ring (bicyclic) bond motifs is 1. The SMILES string of the molecule is COc1ccc(-c2nc3sc(=Cc4cn(-c5ccccc5)nc4-c4ccc(OCC(C)C)cc4)c(=O)n3n2)cc1. The number of rotatable bonds is 8. The number of thiazole rings is 1. The van der Waals surface area contributed by atoms with E-state index in [2.05, 4.69) is 23.9 Å². The minimum atomic E-state index is -0.219. The molecule has 0 fully saturated rings. The molecule has 0 unspecified atom stereocenters. The monoisotopic (exact) mass is 549 g/mol. The second-order valence-electron chi connectivity index (χ2n) is 9.72. The first-order valence-electron chi connectivity index (χ1n) is 12.9. The molecule has 3 aromatic heterocycles. The van der Waals surface area contributed by atoms with Crippen LogP contribution in [0.4, 0.5) is 0 Å². The zero-order chi connectivity index (χ0) is 27.6. The van der Waals surface area contributed by atoms with Crippen molar-refractivity contribution in [2.45, 2.75) is 13.8 Å². The molecule has 0 aliphatic heterocycles. The molecule has 0 aliphatic rings. The van der Waals surface area contributed by atoms with Gasteiger partial charge in [0.05, 0.1) is 23.9 Å². The molecule has 0 amide bonds. The van der Waals surface area contributed by atoms with E-state index in [9.17, 15) is 4.79 Å². The van der Waals surface area contributed by atoms with E-state index >= 15 is 0 Å². The lowest BCUT2D eigenvalue weighted by molar-refractivity contribution is 0.271. The lowest BCUT2D eigenvalue weighted by atomic mass is 10.1. The molecule has 3 heterocycles. The molecule has 0 saturated heterocycles. The summed E-state index contributed by atoms with van der Waals surface area (Å²) < 4.78 is 14.8. The maximum absolute atomic E-state index is 13.3. The Kier molecular flexibility index (Phi) is 6.88. The van der Waals surface area contributed by atoms with Gasteiger partial charge in [0, 0.05) is 22.9 Å². The third-order valence-electron chi connectivity index (χ3n) is 6.29. The zero-order valence-electron chi connectivity index (χ0n) is 22.3.